The van der Waals surface area contributed by atoms with Gasteiger partial charge in [0.2, 0.25) is 5.91 Å². The van der Waals surface area contributed by atoms with Crippen LogP contribution in [0, 0.1) is 0 Å². The molecule has 1 unspecified atom stereocenters. The number of thiocarbonyl (C=S) groups is 1. The van der Waals surface area contributed by atoms with Crippen molar-refractivity contribution in [3.05, 3.63) is 0 Å². The lowest BCUT2D eigenvalue weighted by Crippen LogP contribution is -2.59. The SMILES string of the molecule is NC(=S)C1(NC(=O)C2CCCS2)CCCCC1. The van der Waals surface area contributed by atoms with Crippen LogP contribution in [-0.2, 0) is 4.79 Å². The number of carbonyl (C=O) groups is 1. The van der Waals surface area contributed by atoms with Crippen molar-refractivity contribution >= 4 is 34.9 Å². The van der Waals surface area contributed by atoms with Crippen LogP contribution >= 0.6 is 24.0 Å². The molecular formula is C12H20N2OS2. The van der Waals surface area contributed by atoms with Crippen LogP contribution in [0.3, 0.4) is 0 Å². The van der Waals surface area contributed by atoms with Crippen molar-refractivity contribution in [1.82, 2.24) is 5.32 Å². The van der Waals surface area contributed by atoms with Gasteiger partial charge in [-0.3, -0.25) is 4.79 Å². The van der Waals surface area contributed by atoms with Crippen LogP contribution in [0.5, 0.6) is 0 Å². The summed E-state index contributed by atoms with van der Waals surface area (Å²) in [5.41, 5.74) is 5.46. The van der Waals surface area contributed by atoms with E-state index in [0.29, 0.717) is 4.99 Å². The zero-order valence-electron chi connectivity index (χ0n) is 10.0. The molecule has 2 aliphatic rings. The van der Waals surface area contributed by atoms with E-state index in [-0.39, 0.29) is 11.2 Å². The Morgan fingerprint density at radius 2 is 2.00 bits per heavy atom. The molecule has 0 aromatic heterocycles. The van der Waals surface area contributed by atoms with Gasteiger partial charge in [-0.1, -0.05) is 31.5 Å². The zero-order valence-corrected chi connectivity index (χ0v) is 11.7. The second-order valence-corrected chi connectivity index (χ2v) is 6.75. The molecule has 1 saturated carbocycles. The average molecular weight is 272 g/mol. The lowest BCUT2D eigenvalue weighted by atomic mass is 9.81. The topological polar surface area (TPSA) is 55.1 Å². The van der Waals surface area contributed by atoms with Crippen molar-refractivity contribution in [2.45, 2.75) is 55.7 Å². The van der Waals surface area contributed by atoms with Gasteiger partial charge in [-0.15, -0.1) is 11.8 Å². The molecule has 1 atom stereocenters. The standard InChI is InChI=1S/C12H20N2OS2/c13-11(16)12(6-2-1-3-7-12)14-10(15)9-5-4-8-17-9/h9H,1-8H2,(H2,13,16)(H,14,15). The molecule has 2 rings (SSSR count). The molecule has 1 aliphatic heterocycles. The van der Waals surface area contributed by atoms with Gasteiger partial charge in [0.15, 0.2) is 0 Å². The third-order valence-electron chi connectivity index (χ3n) is 3.76. The molecule has 0 radical (unpaired) electrons. The first-order valence-corrected chi connectivity index (χ1v) is 7.83. The van der Waals surface area contributed by atoms with Crippen LogP contribution in [0.25, 0.3) is 0 Å². The quantitative estimate of drug-likeness (QED) is 0.772. The number of hydrogen-bond acceptors (Lipinski definition) is 3. The van der Waals surface area contributed by atoms with Gasteiger partial charge < -0.3 is 11.1 Å². The lowest BCUT2D eigenvalue weighted by Gasteiger charge is -2.37. The van der Waals surface area contributed by atoms with Crippen molar-refractivity contribution in [1.29, 1.82) is 0 Å². The lowest BCUT2D eigenvalue weighted by molar-refractivity contribution is -0.122. The summed E-state index contributed by atoms with van der Waals surface area (Å²) >= 11 is 6.93. The first-order chi connectivity index (χ1) is 8.14. The van der Waals surface area contributed by atoms with Crippen LogP contribution in [0.4, 0.5) is 0 Å². The normalized spacial score (nSPS) is 27.6. The van der Waals surface area contributed by atoms with E-state index in [4.69, 9.17) is 18.0 Å². The van der Waals surface area contributed by atoms with Gasteiger partial charge in [-0.25, -0.2) is 0 Å². The molecule has 0 bridgehead atoms. The number of carbonyl (C=O) groups excluding carboxylic acids is 1. The van der Waals surface area contributed by atoms with Gasteiger partial charge >= 0.3 is 0 Å². The molecule has 0 spiro atoms. The highest BCUT2D eigenvalue weighted by Gasteiger charge is 2.38. The Bertz CT molecular complexity index is 308. The van der Waals surface area contributed by atoms with Crippen LogP contribution in [-0.4, -0.2) is 27.4 Å². The summed E-state index contributed by atoms with van der Waals surface area (Å²) in [4.78, 5) is 12.6. The molecule has 17 heavy (non-hydrogen) atoms. The Morgan fingerprint density at radius 1 is 1.29 bits per heavy atom. The van der Waals surface area contributed by atoms with Gasteiger partial charge in [0.1, 0.15) is 0 Å². The highest BCUT2D eigenvalue weighted by Crippen LogP contribution is 2.31. The van der Waals surface area contributed by atoms with Crippen LogP contribution in [0.2, 0.25) is 0 Å². The predicted octanol–water partition coefficient (Wildman–Crippen LogP) is 1.99. The van der Waals surface area contributed by atoms with Gasteiger partial charge in [0, 0.05) is 0 Å². The van der Waals surface area contributed by atoms with E-state index in [1.165, 1.54) is 6.42 Å². The third kappa shape index (κ3) is 2.94. The fraction of sp³-hybridized carbons (Fsp3) is 0.833. The van der Waals surface area contributed by atoms with Gasteiger partial charge in [0.25, 0.3) is 0 Å². The second kappa shape index (κ2) is 5.57. The fourth-order valence-corrected chi connectivity index (χ4v) is 4.11. The molecular weight excluding hydrogens is 252 g/mol. The molecule has 1 amide bonds. The smallest absolute Gasteiger partial charge is 0.233 e. The summed E-state index contributed by atoms with van der Waals surface area (Å²) in [6.07, 6.45) is 7.38. The Kier molecular flexibility index (Phi) is 4.31. The maximum Gasteiger partial charge on any atom is 0.233 e. The molecule has 1 heterocycles. The van der Waals surface area contributed by atoms with E-state index in [9.17, 15) is 4.79 Å². The maximum absolute atomic E-state index is 12.2. The molecule has 1 aliphatic carbocycles. The van der Waals surface area contributed by atoms with Crippen molar-refractivity contribution in [2.75, 3.05) is 5.75 Å². The van der Waals surface area contributed by atoms with E-state index < -0.39 is 5.54 Å². The zero-order chi connectivity index (χ0) is 12.3. The summed E-state index contributed by atoms with van der Waals surface area (Å²) in [5, 5.41) is 3.26. The van der Waals surface area contributed by atoms with E-state index in [2.05, 4.69) is 5.32 Å². The Labute approximate surface area is 112 Å². The van der Waals surface area contributed by atoms with E-state index >= 15 is 0 Å². The summed E-state index contributed by atoms with van der Waals surface area (Å²) in [6, 6.07) is 0. The average Bonchev–Trinajstić information content (AvgIpc) is 2.83. The minimum atomic E-state index is -0.395. The minimum absolute atomic E-state index is 0.114. The minimum Gasteiger partial charge on any atom is -0.391 e. The van der Waals surface area contributed by atoms with Crippen molar-refractivity contribution in [3.63, 3.8) is 0 Å². The molecule has 5 heteroatoms. The van der Waals surface area contributed by atoms with Crippen molar-refractivity contribution < 1.29 is 4.79 Å². The number of rotatable bonds is 3. The first kappa shape index (κ1) is 13.1. The molecule has 0 aromatic carbocycles. The molecule has 2 fully saturated rings. The largest absolute Gasteiger partial charge is 0.391 e. The van der Waals surface area contributed by atoms with Crippen molar-refractivity contribution in [2.24, 2.45) is 5.73 Å². The molecule has 3 N–H and O–H groups in total. The highest BCUT2D eigenvalue weighted by molar-refractivity contribution is 8.00. The highest BCUT2D eigenvalue weighted by atomic mass is 32.2. The Hall–Kier alpha value is -0.290. The summed E-state index contributed by atoms with van der Waals surface area (Å²) in [6.45, 7) is 0. The molecule has 0 aromatic rings. The van der Waals surface area contributed by atoms with Gasteiger partial charge in [-0.05, 0) is 31.4 Å². The van der Waals surface area contributed by atoms with E-state index in [1.807, 2.05) is 0 Å². The van der Waals surface area contributed by atoms with Crippen molar-refractivity contribution in [3.8, 4) is 0 Å². The number of thioether (sulfide) groups is 1. The predicted molar refractivity (Wildman–Crippen MR) is 76.2 cm³/mol. The summed E-state index contributed by atoms with van der Waals surface area (Å²) in [7, 11) is 0. The number of hydrogen-bond donors (Lipinski definition) is 2. The Balaban J connectivity index is 2.01. The first-order valence-electron chi connectivity index (χ1n) is 6.38. The Morgan fingerprint density at radius 3 is 2.53 bits per heavy atom. The number of nitrogens with one attached hydrogen (secondary N) is 1. The maximum atomic E-state index is 12.2. The summed E-state index contributed by atoms with van der Waals surface area (Å²) in [5.74, 6) is 1.24. The van der Waals surface area contributed by atoms with E-state index in [0.717, 1.165) is 44.3 Å². The number of amides is 1. The van der Waals surface area contributed by atoms with E-state index in [1.54, 1.807) is 11.8 Å². The fourth-order valence-electron chi connectivity index (χ4n) is 2.69. The van der Waals surface area contributed by atoms with Crippen LogP contribution in [0.1, 0.15) is 44.9 Å². The van der Waals surface area contributed by atoms with Crippen LogP contribution < -0.4 is 11.1 Å². The van der Waals surface area contributed by atoms with Gasteiger partial charge in [-0.2, -0.15) is 0 Å². The van der Waals surface area contributed by atoms with Gasteiger partial charge in [0.05, 0.1) is 15.8 Å². The molecule has 96 valence electrons. The molecule has 1 saturated heterocycles. The number of nitrogens with two attached hydrogens (primary N) is 1. The van der Waals surface area contributed by atoms with Crippen LogP contribution in [0.15, 0.2) is 0 Å². The second-order valence-electron chi connectivity index (χ2n) is 5.00. The monoisotopic (exact) mass is 272 g/mol. The third-order valence-corrected chi connectivity index (χ3v) is 5.53. The molecule has 3 nitrogen and oxygen atoms in total. The summed E-state index contributed by atoms with van der Waals surface area (Å²) < 4.78 is 0.